The molecule has 0 amide bonds. The van der Waals surface area contributed by atoms with Gasteiger partial charge in [-0.25, -0.2) is 0 Å². The van der Waals surface area contributed by atoms with Gasteiger partial charge in [-0.3, -0.25) is 0 Å². The Balaban J connectivity index is 2.91. The minimum atomic E-state index is -1.19. The zero-order valence-corrected chi connectivity index (χ0v) is 8.63. The minimum absolute atomic E-state index is 0.484. The molecule has 0 aliphatic carbocycles. The molecule has 1 rings (SSSR count). The van der Waals surface area contributed by atoms with Crippen molar-refractivity contribution >= 4 is 0 Å². The van der Waals surface area contributed by atoms with Crippen LogP contribution in [0.1, 0.15) is 18.6 Å². The first-order valence-corrected chi connectivity index (χ1v) is 4.89. The minimum Gasteiger partial charge on any atom is -0.493 e. The SMILES string of the molecule is CCOc1ccccc1C(O)C(O)CO. The number of aliphatic hydroxyl groups is 3. The molecule has 0 radical (unpaired) electrons. The van der Waals surface area contributed by atoms with Crippen molar-refractivity contribution in [2.45, 2.75) is 19.1 Å². The summed E-state index contributed by atoms with van der Waals surface area (Å²) in [6.45, 7) is 1.84. The number of rotatable bonds is 5. The van der Waals surface area contributed by atoms with E-state index in [0.29, 0.717) is 17.9 Å². The van der Waals surface area contributed by atoms with Crippen molar-refractivity contribution in [2.24, 2.45) is 0 Å². The summed E-state index contributed by atoms with van der Waals surface area (Å²) >= 11 is 0. The first-order valence-electron chi connectivity index (χ1n) is 4.89. The van der Waals surface area contributed by atoms with Crippen LogP contribution in [0.25, 0.3) is 0 Å². The van der Waals surface area contributed by atoms with Crippen LogP contribution >= 0.6 is 0 Å². The zero-order valence-electron chi connectivity index (χ0n) is 8.63. The van der Waals surface area contributed by atoms with Crippen LogP contribution in [0.2, 0.25) is 0 Å². The number of benzene rings is 1. The number of aliphatic hydroxyl groups excluding tert-OH is 3. The number of hydrogen-bond acceptors (Lipinski definition) is 4. The summed E-state index contributed by atoms with van der Waals surface area (Å²) in [5.74, 6) is 0.528. The summed E-state index contributed by atoms with van der Waals surface area (Å²) in [4.78, 5) is 0. The van der Waals surface area contributed by atoms with Crippen molar-refractivity contribution in [2.75, 3.05) is 13.2 Å². The Hall–Kier alpha value is -1.10. The highest BCUT2D eigenvalue weighted by molar-refractivity contribution is 5.35. The summed E-state index contributed by atoms with van der Waals surface area (Å²) < 4.78 is 5.30. The van der Waals surface area contributed by atoms with Crippen LogP contribution in [0.3, 0.4) is 0 Å². The van der Waals surface area contributed by atoms with E-state index in [4.69, 9.17) is 9.84 Å². The summed E-state index contributed by atoms with van der Waals surface area (Å²) in [6, 6.07) is 6.90. The molecule has 3 N–H and O–H groups in total. The fraction of sp³-hybridized carbons (Fsp3) is 0.455. The Morgan fingerprint density at radius 2 is 1.93 bits per heavy atom. The van der Waals surface area contributed by atoms with E-state index in [0.717, 1.165) is 0 Å². The van der Waals surface area contributed by atoms with Crippen LogP contribution < -0.4 is 4.74 Å². The van der Waals surface area contributed by atoms with Crippen molar-refractivity contribution in [3.05, 3.63) is 29.8 Å². The molecule has 4 nitrogen and oxygen atoms in total. The van der Waals surface area contributed by atoms with Gasteiger partial charge in [0.15, 0.2) is 0 Å². The molecule has 0 bridgehead atoms. The van der Waals surface area contributed by atoms with E-state index in [1.165, 1.54) is 0 Å². The van der Waals surface area contributed by atoms with Gasteiger partial charge in [-0.15, -0.1) is 0 Å². The number of hydrogen-bond donors (Lipinski definition) is 3. The topological polar surface area (TPSA) is 69.9 Å². The maximum atomic E-state index is 9.71. The van der Waals surface area contributed by atoms with Gasteiger partial charge in [-0.05, 0) is 13.0 Å². The van der Waals surface area contributed by atoms with Gasteiger partial charge in [-0.2, -0.15) is 0 Å². The third-order valence-electron chi connectivity index (χ3n) is 2.09. The van der Waals surface area contributed by atoms with Crippen LogP contribution in [-0.4, -0.2) is 34.6 Å². The second-order valence-electron chi connectivity index (χ2n) is 3.17. The monoisotopic (exact) mass is 212 g/mol. The maximum absolute atomic E-state index is 9.71. The van der Waals surface area contributed by atoms with E-state index in [-0.39, 0.29) is 0 Å². The molecule has 2 atom stereocenters. The lowest BCUT2D eigenvalue weighted by atomic mass is 10.0. The standard InChI is InChI=1S/C11H16O4/c1-2-15-10-6-4-3-5-8(10)11(14)9(13)7-12/h3-6,9,11-14H,2,7H2,1H3. The van der Waals surface area contributed by atoms with Gasteiger partial charge in [0.2, 0.25) is 0 Å². The van der Waals surface area contributed by atoms with E-state index in [1.54, 1.807) is 24.3 Å². The molecule has 0 aromatic heterocycles. The van der Waals surface area contributed by atoms with Gasteiger partial charge in [0.25, 0.3) is 0 Å². The van der Waals surface area contributed by atoms with Gasteiger partial charge in [0.05, 0.1) is 13.2 Å². The summed E-state index contributed by atoms with van der Waals surface area (Å²) in [5.41, 5.74) is 0.487. The Morgan fingerprint density at radius 1 is 1.27 bits per heavy atom. The molecule has 0 fully saturated rings. The molecule has 0 saturated carbocycles. The lowest BCUT2D eigenvalue weighted by Crippen LogP contribution is -2.22. The fourth-order valence-electron chi connectivity index (χ4n) is 1.32. The van der Waals surface area contributed by atoms with Crippen molar-refractivity contribution in [1.29, 1.82) is 0 Å². The molecule has 84 valence electrons. The van der Waals surface area contributed by atoms with Crippen LogP contribution in [0.5, 0.6) is 5.75 Å². The highest BCUT2D eigenvalue weighted by Gasteiger charge is 2.20. The molecular weight excluding hydrogens is 196 g/mol. The molecule has 15 heavy (non-hydrogen) atoms. The molecule has 4 heteroatoms. The molecular formula is C11H16O4. The van der Waals surface area contributed by atoms with Gasteiger partial charge >= 0.3 is 0 Å². The largest absolute Gasteiger partial charge is 0.493 e. The Morgan fingerprint density at radius 3 is 2.53 bits per heavy atom. The van der Waals surface area contributed by atoms with Crippen molar-refractivity contribution in [3.8, 4) is 5.75 Å². The van der Waals surface area contributed by atoms with Crippen LogP contribution in [0.15, 0.2) is 24.3 Å². The molecule has 1 aromatic carbocycles. The highest BCUT2D eigenvalue weighted by atomic mass is 16.5. The van der Waals surface area contributed by atoms with Gasteiger partial charge < -0.3 is 20.1 Å². The predicted octanol–water partition coefficient (Wildman–Crippen LogP) is 0.472. The highest BCUT2D eigenvalue weighted by Crippen LogP contribution is 2.26. The summed E-state index contributed by atoms with van der Waals surface area (Å²) in [6.07, 6.45) is -2.32. The molecule has 0 spiro atoms. The molecule has 0 aliphatic heterocycles. The molecule has 2 unspecified atom stereocenters. The normalized spacial score (nSPS) is 14.7. The zero-order chi connectivity index (χ0) is 11.3. The molecule has 1 aromatic rings. The van der Waals surface area contributed by atoms with E-state index < -0.39 is 18.8 Å². The first kappa shape index (κ1) is 12.0. The van der Waals surface area contributed by atoms with Crippen molar-refractivity contribution < 1.29 is 20.1 Å². The van der Waals surface area contributed by atoms with Crippen LogP contribution in [0, 0.1) is 0 Å². The smallest absolute Gasteiger partial charge is 0.125 e. The molecule has 0 heterocycles. The second kappa shape index (κ2) is 5.70. The van der Waals surface area contributed by atoms with Gasteiger partial charge in [-0.1, -0.05) is 18.2 Å². The van der Waals surface area contributed by atoms with E-state index in [9.17, 15) is 10.2 Å². The molecule has 0 saturated heterocycles. The lowest BCUT2D eigenvalue weighted by molar-refractivity contribution is -0.0163. The average Bonchev–Trinajstić information content (AvgIpc) is 2.28. The van der Waals surface area contributed by atoms with Crippen molar-refractivity contribution in [3.63, 3.8) is 0 Å². The lowest BCUT2D eigenvalue weighted by Gasteiger charge is -2.18. The maximum Gasteiger partial charge on any atom is 0.125 e. The molecule has 0 aliphatic rings. The van der Waals surface area contributed by atoms with Crippen LogP contribution in [-0.2, 0) is 0 Å². The number of para-hydroxylation sites is 1. The predicted molar refractivity (Wildman–Crippen MR) is 55.7 cm³/mol. The second-order valence-corrected chi connectivity index (χ2v) is 3.17. The Kier molecular flexibility index (Phi) is 4.55. The fourth-order valence-corrected chi connectivity index (χ4v) is 1.32. The van der Waals surface area contributed by atoms with E-state index in [2.05, 4.69) is 0 Å². The van der Waals surface area contributed by atoms with E-state index in [1.807, 2.05) is 6.92 Å². The third-order valence-corrected chi connectivity index (χ3v) is 2.09. The van der Waals surface area contributed by atoms with Gasteiger partial charge in [0.1, 0.15) is 18.0 Å². The third kappa shape index (κ3) is 2.92. The van der Waals surface area contributed by atoms with Crippen LogP contribution in [0.4, 0.5) is 0 Å². The van der Waals surface area contributed by atoms with Crippen molar-refractivity contribution in [1.82, 2.24) is 0 Å². The Bertz CT molecular complexity index is 300. The average molecular weight is 212 g/mol. The summed E-state index contributed by atoms with van der Waals surface area (Å²) in [7, 11) is 0. The first-order chi connectivity index (χ1) is 7.20. The van der Waals surface area contributed by atoms with Gasteiger partial charge in [0, 0.05) is 5.56 Å². The number of ether oxygens (including phenoxy) is 1. The van der Waals surface area contributed by atoms with E-state index >= 15 is 0 Å². The summed E-state index contributed by atoms with van der Waals surface area (Å²) in [5, 5.41) is 27.8. The quantitative estimate of drug-likeness (QED) is 0.663. The Labute approximate surface area is 88.8 Å².